The maximum atomic E-state index is 6.70. The van der Waals surface area contributed by atoms with E-state index in [1.165, 1.54) is 11.1 Å². The Labute approximate surface area is 394 Å². The Morgan fingerprint density at radius 3 is 1.91 bits per heavy atom. The van der Waals surface area contributed by atoms with E-state index in [2.05, 4.69) is 223 Å². The first-order valence-corrected chi connectivity index (χ1v) is 21.8. The second-order valence-corrected chi connectivity index (χ2v) is 17.5. The first-order valence-electron chi connectivity index (χ1n) is 21.8. The zero-order valence-electron chi connectivity index (χ0n) is 36.3. The van der Waals surface area contributed by atoms with E-state index >= 15 is 0 Å². The third-order valence-corrected chi connectivity index (χ3v) is 11.7. The Morgan fingerprint density at radius 1 is 0.554 bits per heavy atom. The summed E-state index contributed by atoms with van der Waals surface area (Å²) < 4.78 is 13.2. The van der Waals surface area contributed by atoms with Gasteiger partial charge in [0, 0.05) is 44.3 Å². The first kappa shape index (κ1) is 41.7. The number of imidazole rings is 1. The molecule has 3 heterocycles. The Morgan fingerprint density at radius 2 is 1.20 bits per heavy atom. The molecule has 11 rings (SSSR count). The van der Waals surface area contributed by atoms with Crippen molar-refractivity contribution in [3.05, 3.63) is 224 Å². The number of hydrogen-bond acceptors (Lipinski definition) is 2. The fraction of sp³-hybridized carbons (Fsp3) is 0.0847. The van der Waals surface area contributed by atoms with Gasteiger partial charge in [0.2, 0.25) is 0 Å². The number of ether oxygens (including phenoxy) is 1. The molecule has 65 heavy (non-hydrogen) atoms. The van der Waals surface area contributed by atoms with Crippen molar-refractivity contribution < 1.29 is 30.4 Å². The largest absolute Gasteiger partial charge is 0.510 e. The SMILES string of the molecule is CC(C)(C)Cc1ccnc(-n2c3[c-]c(Oc4[c-]c(-n5[c-][n+](-c6c(-c7ccccc7)cccc6-c6ccccc6)c6ccccc65)ccc4)ccc3c3cc(-c4ccccc4)ccc32)c1.[Pt]. The molecule has 0 atom stereocenters. The van der Waals surface area contributed by atoms with Gasteiger partial charge in [-0.2, -0.15) is 18.2 Å². The summed E-state index contributed by atoms with van der Waals surface area (Å²) in [7, 11) is 0. The second kappa shape index (κ2) is 17.3. The molecule has 0 saturated carbocycles. The zero-order valence-corrected chi connectivity index (χ0v) is 38.5. The maximum Gasteiger partial charge on any atom is 0.268 e. The van der Waals surface area contributed by atoms with Crippen LogP contribution in [0.1, 0.15) is 26.3 Å². The molecule has 8 aromatic carbocycles. The summed E-state index contributed by atoms with van der Waals surface area (Å²) in [6, 6.07) is 75.0. The summed E-state index contributed by atoms with van der Waals surface area (Å²) in [5.41, 5.74) is 14.0. The van der Waals surface area contributed by atoms with Crippen LogP contribution in [-0.2, 0) is 27.5 Å². The van der Waals surface area contributed by atoms with Crippen molar-refractivity contribution in [2.45, 2.75) is 27.2 Å². The molecule has 0 unspecified atom stereocenters. The zero-order chi connectivity index (χ0) is 43.2. The van der Waals surface area contributed by atoms with E-state index in [-0.39, 0.29) is 26.5 Å². The van der Waals surface area contributed by atoms with E-state index in [0.29, 0.717) is 11.5 Å². The minimum absolute atomic E-state index is 0. The quantitative estimate of drug-likeness (QED) is 0.107. The van der Waals surface area contributed by atoms with Crippen molar-refractivity contribution in [2.75, 3.05) is 0 Å². The van der Waals surface area contributed by atoms with Gasteiger partial charge < -0.3 is 13.9 Å². The van der Waals surface area contributed by atoms with E-state index in [4.69, 9.17) is 9.72 Å². The molecule has 0 saturated heterocycles. The topological polar surface area (TPSA) is 35.9 Å². The van der Waals surface area contributed by atoms with Gasteiger partial charge in [0.15, 0.2) is 0 Å². The number of fused-ring (bicyclic) bond motifs is 4. The van der Waals surface area contributed by atoms with Crippen LogP contribution < -0.4 is 9.30 Å². The molecule has 0 fully saturated rings. The van der Waals surface area contributed by atoms with Gasteiger partial charge in [-0.1, -0.05) is 172 Å². The van der Waals surface area contributed by atoms with E-state index < -0.39 is 0 Å². The van der Waals surface area contributed by atoms with Gasteiger partial charge in [-0.15, -0.1) is 29.7 Å². The number of nitrogens with zero attached hydrogens (tertiary/aromatic N) is 4. The van der Waals surface area contributed by atoms with E-state index in [9.17, 15) is 0 Å². The molecule has 5 nitrogen and oxygen atoms in total. The van der Waals surface area contributed by atoms with Crippen LogP contribution in [0.5, 0.6) is 11.5 Å². The number of hydrogen-bond donors (Lipinski definition) is 0. The van der Waals surface area contributed by atoms with Crippen LogP contribution >= 0.6 is 0 Å². The monoisotopic (exact) mass is 1020 g/mol. The molecule has 0 aliphatic heterocycles. The molecule has 318 valence electrons. The summed E-state index contributed by atoms with van der Waals surface area (Å²) in [6.07, 6.45) is 6.61. The molecule has 0 amide bonds. The van der Waals surface area contributed by atoms with Crippen molar-refractivity contribution in [1.29, 1.82) is 0 Å². The van der Waals surface area contributed by atoms with Crippen LogP contribution in [0.25, 0.3) is 83.4 Å². The normalized spacial score (nSPS) is 11.6. The van der Waals surface area contributed by atoms with Gasteiger partial charge in [0.05, 0.1) is 16.7 Å². The van der Waals surface area contributed by atoms with E-state index in [1.54, 1.807) is 0 Å². The second-order valence-electron chi connectivity index (χ2n) is 17.5. The Kier molecular flexibility index (Phi) is 11.1. The third kappa shape index (κ3) is 8.09. The van der Waals surface area contributed by atoms with Crippen LogP contribution in [0.2, 0.25) is 0 Å². The van der Waals surface area contributed by atoms with Gasteiger partial charge in [0.1, 0.15) is 5.82 Å². The van der Waals surface area contributed by atoms with Gasteiger partial charge in [0.25, 0.3) is 6.33 Å². The molecule has 11 aromatic rings. The van der Waals surface area contributed by atoms with Crippen LogP contribution in [0.4, 0.5) is 0 Å². The van der Waals surface area contributed by atoms with Gasteiger partial charge in [-0.25, -0.2) is 4.98 Å². The summed E-state index contributed by atoms with van der Waals surface area (Å²) in [6.45, 7) is 6.80. The minimum atomic E-state index is 0. The van der Waals surface area contributed by atoms with Crippen molar-refractivity contribution in [2.24, 2.45) is 5.41 Å². The Balaban J connectivity index is 0.00000498. The average Bonchev–Trinajstić information content (AvgIpc) is 3.87. The van der Waals surface area contributed by atoms with Crippen LogP contribution in [-0.4, -0.2) is 14.1 Å². The fourth-order valence-corrected chi connectivity index (χ4v) is 8.97. The molecule has 6 heteroatoms. The van der Waals surface area contributed by atoms with Gasteiger partial charge in [-0.05, 0) is 80.1 Å². The molecule has 0 spiro atoms. The predicted octanol–water partition coefficient (Wildman–Crippen LogP) is 14.2. The van der Waals surface area contributed by atoms with Crippen molar-refractivity contribution in [1.82, 2.24) is 14.1 Å². The molecule has 0 radical (unpaired) electrons. The smallest absolute Gasteiger partial charge is 0.268 e. The summed E-state index contributed by atoms with van der Waals surface area (Å²) in [4.78, 5) is 4.93. The van der Waals surface area contributed by atoms with Gasteiger partial charge >= 0.3 is 0 Å². The maximum absolute atomic E-state index is 6.70. The number of rotatable bonds is 9. The summed E-state index contributed by atoms with van der Waals surface area (Å²) in [5.74, 6) is 2.00. The van der Waals surface area contributed by atoms with E-state index in [1.807, 2.05) is 30.5 Å². The third-order valence-electron chi connectivity index (χ3n) is 11.7. The average molecular weight is 1020 g/mol. The number of aromatic nitrogens is 4. The molecule has 0 aliphatic rings. The standard InChI is InChI=1S/C59H44N4O.Pt/c1-59(2,3)39-41-33-34-60-57(35-41)63-53-32-29-45(42-17-7-4-8-18-42)36-52(53)51-31-30-48(38-56(51)63)64-47-24-15-23-46(37-47)61-40-62(55-28-14-13-27-54(55)61)58-49(43-19-9-5-10-20-43)25-16-26-50(58)44-21-11-6-12-22-44;/h4-36H,39H2,1-3H3;/q-2;. The van der Waals surface area contributed by atoms with Crippen LogP contribution in [0.3, 0.4) is 0 Å². The first-order chi connectivity index (χ1) is 31.3. The van der Waals surface area contributed by atoms with Crippen LogP contribution in [0.15, 0.2) is 200 Å². The van der Waals surface area contributed by atoms with Gasteiger partial charge in [-0.3, -0.25) is 4.57 Å². The molecular formula is C59H44N4OPt-2. The molecule has 0 aliphatic carbocycles. The summed E-state index contributed by atoms with van der Waals surface area (Å²) >= 11 is 0. The molecular weight excluding hydrogens is 976 g/mol. The van der Waals surface area contributed by atoms with E-state index in [0.717, 1.165) is 84.3 Å². The van der Waals surface area contributed by atoms with Crippen molar-refractivity contribution in [3.8, 4) is 62.1 Å². The number of benzene rings is 8. The Bertz CT molecular complexity index is 3420. The fourth-order valence-electron chi connectivity index (χ4n) is 8.97. The number of pyridine rings is 1. The van der Waals surface area contributed by atoms with Crippen molar-refractivity contribution in [3.63, 3.8) is 0 Å². The number of para-hydroxylation sites is 3. The molecule has 0 bridgehead atoms. The van der Waals surface area contributed by atoms with Crippen LogP contribution in [0, 0.1) is 23.9 Å². The summed E-state index contributed by atoms with van der Waals surface area (Å²) in [5, 5.41) is 2.20. The predicted molar refractivity (Wildman–Crippen MR) is 259 cm³/mol. The molecule has 3 aromatic heterocycles. The Hall–Kier alpha value is -7.33. The minimum Gasteiger partial charge on any atom is -0.510 e. The van der Waals surface area contributed by atoms with Crippen molar-refractivity contribution >= 4 is 32.8 Å². The molecule has 0 N–H and O–H groups in total.